The van der Waals surface area contributed by atoms with Crippen LogP contribution in [0.3, 0.4) is 0 Å². The minimum atomic E-state index is 0.0889. The fourth-order valence-corrected chi connectivity index (χ4v) is 1.59. The van der Waals surface area contributed by atoms with E-state index < -0.39 is 0 Å². The lowest BCUT2D eigenvalue weighted by molar-refractivity contribution is 0.0962. The summed E-state index contributed by atoms with van der Waals surface area (Å²) < 4.78 is 5.48. The van der Waals surface area contributed by atoms with Crippen molar-refractivity contribution in [2.45, 2.75) is 6.42 Å². The number of carbonyl (C=O) groups excluding carboxylic acids is 1. The van der Waals surface area contributed by atoms with Gasteiger partial charge in [0.1, 0.15) is 5.75 Å². The van der Waals surface area contributed by atoms with Gasteiger partial charge in [0.2, 0.25) is 0 Å². The highest BCUT2D eigenvalue weighted by atomic mass is 16.5. The molecule has 2 aromatic carbocycles. The van der Waals surface area contributed by atoms with Crippen LogP contribution in [0.25, 0.3) is 0 Å². The summed E-state index contributed by atoms with van der Waals surface area (Å²) in [6.45, 7) is 0.373. The summed E-state index contributed by atoms with van der Waals surface area (Å²) in [6, 6.07) is 16.4. The van der Waals surface area contributed by atoms with Crippen molar-refractivity contribution in [1.29, 1.82) is 0 Å². The second-order valence-electron chi connectivity index (χ2n) is 3.96. The highest BCUT2D eigenvalue weighted by Gasteiger charge is 2.04. The van der Waals surface area contributed by atoms with Crippen LogP contribution < -0.4 is 10.5 Å². The van der Waals surface area contributed by atoms with E-state index in [0.717, 1.165) is 11.3 Å². The fraction of sp³-hybridized carbons (Fsp3) is 0.133. The van der Waals surface area contributed by atoms with Gasteiger partial charge < -0.3 is 10.5 Å². The second-order valence-corrected chi connectivity index (χ2v) is 3.96. The zero-order valence-corrected chi connectivity index (χ0v) is 10.0. The zero-order valence-electron chi connectivity index (χ0n) is 10.0. The molecule has 18 heavy (non-hydrogen) atoms. The summed E-state index contributed by atoms with van der Waals surface area (Å²) in [4.78, 5) is 11.8. The largest absolute Gasteiger partial charge is 0.493 e. The number of ether oxygens (including phenoxy) is 1. The zero-order chi connectivity index (χ0) is 12.8. The maximum absolute atomic E-state index is 11.8. The molecule has 0 atom stereocenters. The van der Waals surface area contributed by atoms with Gasteiger partial charge in [0.15, 0.2) is 5.78 Å². The van der Waals surface area contributed by atoms with E-state index in [9.17, 15) is 4.79 Å². The van der Waals surface area contributed by atoms with Crippen molar-refractivity contribution in [2.75, 3.05) is 12.3 Å². The van der Waals surface area contributed by atoms with Crippen molar-refractivity contribution in [3.8, 4) is 5.75 Å². The number of nitrogen functional groups attached to an aromatic ring is 1. The van der Waals surface area contributed by atoms with Crippen molar-refractivity contribution in [3.63, 3.8) is 0 Å². The molecule has 0 unspecified atom stereocenters. The molecule has 0 bridgehead atoms. The number of hydrogen-bond acceptors (Lipinski definition) is 3. The van der Waals surface area contributed by atoms with Crippen molar-refractivity contribution in [1.82, 2.24) is 0 Å². The van der Waals surface area contributed by atoms with Gasteiger partial charge in [0.25, 0.3) is 0 Å². The third kappa shape index (κ3) is 3.35. The topological polar surface area (TPSA) is 52.3 Å². The Labute approximate surface area is 106 Å². The molecule has 3 nitrogen and oxygen atoms in total. The van der Waals surface area contributed by atoms with E-state index in [1.54, 1.807) is 24.3 Å². The fourth-order valence-electron chi connectivity index (χ4n) is 1.59. The van der Waals surface area contributed by atoms with Gasteiger partial charge in [0, 0.05) is 17.7 Å². The Morgan fingerprint density at radius 2 is 1.67 bits per heavy atom. The third-order valence-corrected chi connectivity index (χ3v) is 2.57. The molecule has 0 aliphatic heterocycles. The van der Waals surface area contributed by atoms with Crippen LogP contribution in [-0.4, -0.2) is 12.4 Å². The van der Waals surface area contributed by atoms with Crippen LogP contribution in [0.1, 0.15) is 16.8 Å². The molecule has 0 heterocycles. The summed E-state index contributed by atoms with van der Waals surface area (Å²) >= 11 is 0. The summed E-state index contributed by atoms with van der Waals surface area (Å²) in [5.41, 5.74) is 6.99. The monoisotopic (exact) mass is 241 g/mol. The number of rotatable bonds is 5. The van der Waals surface area contributed by atoms with E-state index in [0.29, 0.717) is 18.7 Å². The molecule has 0 aliphatic carbocycles. The van der Waals surface area contributed by atoms with Gasteiger partial charge in [-0.25, -0.2) is 0 Å². The van der Waals surface area contributed by atoms with E-state index in [1.165, 1.54) is 0 Å². The maximum atomic E-state index is 11.8. The maximum Gasteiger partial charge on any atom is 0.166 e. The first kappa shape index (κ1) is 12.2. The number of carbonyl (C=O) groups is 1. The highest BCUT2D eigenvalue weighted by molar-refractivity contribution is 5.96. The molecule has 0 radical (unpaired) electrons. The van der Waals surface area contributed by atoms with Crippen molar-refractivity contribution in [3.05, 3.63) is 60.2 Å². The minimum absolute atomic E-state index is 0.0889. The average molecular weight is 241 g/mol. The minimum Gasteiger partial charge on any atom is -0.493 e. The van der Waals surface area contributed by atoms with E-state index in [4.69, 9.17) is 10.5 Å². The molecule has 0 aliphatic rings. The second kappa shape index (κ2) is 5.87. The average Bonchev–Trinajstić information content (AvgIpc) is 2.42. The van der Waals surface area contributed by atoms with Crippen LogP contribution >= 0.6 is 0 Å². The predicted molar refractivity (Wildman–Crippen MR) is 71.7 cm³/mol. The van der Waals surface area contributed by atoms with Crippen LogP contribution in [0, 0.1) is 0 Å². The van der Waals surface area contributed by atoms with Crippen LogP contribution in [0.2, 0.25) is 0 Å². The highest BCUT2D eigenvalue weighted by Crippen LogP contribution is 2.13. The molecule has 2 aromatic rings. The molecule has 0 saturated heterocycles. The van der Waals surface area contributed by atoms with Crippen LogP contribution in [0.5, 0.6) is 5.75 Å². The van der Waals surface area contributed by atoms with Crippen molar-refractivity contribution >= 4 is 11.5 Å². The van der Waals surface area contributed by atoms with Crippen LogP contribution in [0.4, 0.5) is 5.69 Å². The van der Waals surface area contributed by atoms with Gasteiger partial charge in [-0.15, -0.1) is 0 Å². The molecule has 0 amide bonds. The molecule has 0 spiro atoms. The number of benzene rings is 2. The first-order valence-corrected chi connectivity index (χ1v) is 5.82. The van der Waals surface area contributed by atoms with E-state index in [2.05, 4.69) is 0 Å². The lowest BCUT2D eigenvalue weighted by Crippen LogP contribution is -2.06. The van der Waals surface area contributed by atoms with Crippen molar-refractivity contribution in [2.24, 2.45) is 0 Å². The Morgan fingerprint density at radius 3 is 2.33 bits per heavy atom. The molecule has 92 valence electrons. The summed E-state index contributed by atoms with van der Waals surface area (Å²) in [6.07, 6.45) is 0.369. The van der Waals surface area contributed by atoms with Crippen LogP contribution in [-0.2, 0) is 0 Å². The van der Waals surface area contributed by atoms with Gasteiger partial charge in [-0.1, -0.05) is 30.3 Å². The SMILES string of the molecule is Nc1ccc(OCCC(=O)c2ccccc2)cc1. The van der Waals surface area contributed by atoms with E-state index in [-0.39, 0.29) is 5.78 Å². The lowest BCUT2D eigenvalue weighted by atomic mass is 10.1. The normalized spacial score (nSPS) is 10.0. The standard InChI is InChI=1S/C15H15NO2/c16-13-6-8-14(9-7-13)18-11-10-15(17)12-4-2-1-3-5-12/h1-9H,10-11,16H2. The molecule has 2 N–H and O–H groups in total. The number of nitrogens with two attached hydrogens (primary N) is 1. The quantitative estimate of drug-likeness (QED) is 0.646. The summed E-state index contributed by atoms with van der Waals surface area (Å²) in [7, 11) is 0. The Kier molecular flexibility index (Phi) is 3.97. The Morgan fingerprint density at radius 1 is 1.00 bits per heavy atom. The van der Waals surface area contributed by atoms with E-state index >= 15 is 0 Å². The molecular weight excluding hydrogens is 226 g/mol. The number of ketones is 1. The molecule has 0 aromatic heterocycles. The number of hydrogen-bond donors (Lipinski definition) is 1. The van der Waals surface area contributed by atoms with Gasteiger partial charge in [-0.3, -0.25) is 4.79 Å². The number of Topliss-reactive ketones (excluding diaryl/α,β-unsaturated/α-hetero) is 1. The Bertz CT molecular complexity index is 506. The summed E-state index contributed by atoms with van der Waals surface area (Å²) in [5, 5.41) is 0. The lowest BCUT2D eigenvalue weighted by Gasteiger charge is -2.05. The van der Waals surface area contributed by atoms with Crippen molar-refractivity contribution < 1.29 is 9.53 Å². The van der Waals surface area contributed by atoms with Crippen LogP contribution in [0.15, 0.2) is 54.6 Å². The van der Waals surface area contributed by atoms with E-state index in [1.807, 2.05) is 30.3 Å². The Balaban J connectivity index is 1.82. The predicted octanol–water partition coefficient (Wildman–Crippen LogP) is 2.92. The van der Waals surface area contributed by atoms with Gasteiger partial charge in [-0.05, 0) is 24.3 Å². The van der Waals surface area contributed by atoms with Gasteiger partial charge >= 0.3 is 0 Å². The first-order valence-electron chi connectivity index (χ1n) is 5.82. The number of anilines is 1. The van der Waals surface area contributed by atoms with Gasteiger partial charge in [0.05, 0.1) is 6.61 Å². The molecule has 0 saturated carbocycles. The smallest absolute Gasteiger partial charge is 0.166 e. The third-order valence-electron chi connectivity index (χ3n) is 2.57. The molecule has 3 heteroatoms. The summed E-state index contributed by atoms with van der Waals surface area (Å²) in [5.74, 6) is 0.816. The van der Waals surface area contributed by atoms with Gasteiger partial charge in [-0.2, -0.15) is 0 Å². The Hall–Kier alpha value is -2.29. The molecule has 0 fully saturated rings. The first-order chi connectivity index (χ1) is 8.75. The molecular formula is C15H15NO2. The molecule has 2 rings (SSSR count).